The zero-order chi connectivity index (χ0) is 16.3. The van der Waals surface area contributed by atoms with Crippen LogP contribution in [-0.2, 0) is 23.0 Å². The smallest absolute Gasteiger partial charge is 0.238 e. The van der Waals surface area contributed by atoms with Gasteiger partial charge in [-0.05, 0) is 42.9 Å². The lowest BCUT2D eigenvalue weighted by Gasteiger charge is -2.16. The summed E-state index contributed by atoms with van der Waals surface area (Å²) in [4.78, 5) is 2.05. The van der Waals surface area contributed by atoms with E-state index in [0.717, 1.165) is 11.1 Å². The van der Waals surface area contributed by atoms with Crippen molar-refractivity contribution in [2.24, 2.45) is 5.14 Å². The van der Waals surface area contributed by atoms with E-state index in [1.807, 2.05) is 55.4 Å². The molecule has 0 unspecified atom stereocenters. The molecule has 0 heterocycles. The molecular weight excluding hydrogens is 298 g/mol. The van der Waals surface area contributed by atoms with Crippen LogP contribution in [0, 0.1) is 0 Å². The summed E-state index contributed by atoms with van der Waals surface area (Å²) < 4.78 is 23.9. The van der Waals surface area contributed by atoms with E-state index in [-0.39, 0.29) is 4.90 Å². The third-order valence-corrected chi connectivity index (χ3v) is 4.31. The SMILES string of the molecule is CN(C)Cc1cc(N)c(Cc2ccccc2)c(S(N)(=O)=O)c1. The number of hydrogen-bond donors (Lipinski definition) is 2. The van der Waals surface area contributed by atoms with E-state index in [9.17, 15) is 8.42 Å². The largest absolute Gasteiger partial charge is 0.398 e. The molecule has 2 aromatic carbocycles. The fraction of sp³-hybridized carbons (Fsp3) is 0.250. The van der Waals surface area contributed by atoms with E-state index in [4.69, 9.17) is 10.9 Å². The summed E-state index contributed by atoms with van der Waals surface area (Å²) in [5.74, 6) is 0. The number of benzene rings is 2. The molecule has 22 heavy (non-hydrogen) atoms. The lowest BCUT2D eigenvalue weighted by molar-refractivity contribution is 0.402. The van der Waals surface area contributed by atoms with Gasteiger partial charge in [0.15, 0.2) is 0 Å². The maximum Gasteiger partial charge on any atom is 0.238 e. The van der Waals surface area contributed by atoms with Gasteiger partial charge in [-0.3, -0.25) is 0 Å². The summed E-state index contributed by atoms with van der Waals surface area (Å²) in [5, 5.41) is 5.38. The molecule has 0 atom stereocenters. The quantitative estimate of drug-likeness (QED) is 0.819. The second-order valence-electron chi connectivity index (χ2n) is 5.61. The third kappa shape index (κ3) is 4.07. The van der Waals surface area contributed by atoms with Gasteiger partial charge in [-0.15, -0.1) is 0 Å². The second kappa shape index (κ2) is 6.48. The van der Waals surface area contributed by atoms with Crippen LogP contribution in [0.25, 0.3) is 0 Å². The molecule has 0 aliphatic carbocycles. The van der Waals surface area contributed by atoms with Gasteiger partial charge in [0, 0.05) is 18.7 Å². The van der Waals surface area contributed by atoms with Gasteiger partial charge in [0.1, 0.15) is 0 Å². The van der Waals surface area contributed by atoms with Crippen molar-refractivity contribution in [3.63, 3.8) is 0 Å². The van der Waals surface area contributed by atoms with Gasteiger partial charge in [0.2, 0.25) is 10.0 Å². The second-order valence-corrected chi connectivity index (χ2v) is 7.14. The topological polar surface area (TPSA) is 89.4 Å². The van der Waals surface area contributed by atoms with Crippen LogP contribution >= 0.6 is 0 Å². The molecule has 0 amide bonds. The minimum absolute atomic E-state index is 0.105. The van der Waals surface area contributed by atoms with Crippen LogP contribution in [0.1, 0.15) is 16.7 Å². The van der Waals surface area contributed by atoms with Crippen molar-refractivity contribution in [1.29, 1.82) is 0 Å². The molecule has 6 heteroatoms. The number of nitrogens with zero attached hydrogens (tertiary/aromatic N) is 1. The Morgan fingerprint density at radius 1 is 1.05 bits per heavy atom. The Labute approximate surface area is 131 Å². The fourth-order valence-electron chi connectivity index (χ4n) is 2.43. The van der Waals surface area contributed by atoms with Crippen molar-refractivity contribution in [1.82, 2.24) is 4.90 Å². The van der Waals surface area contributed by atoms with E-state index in [1.54, 1.807) is 6.07 Å². The van der Waals surface area contributed by atoms with Crippen LogP contribution in [-0.4, -0.2) is 27.4 Å². The maximum absolute atomic E-state index is 11.9. The van der Waals surface area contributed by atoms with Crippen molar-refractivity contribution < 1.29 is 8.42 Å². The molecule has 0 bridgehead atoms. The number of nitrogen functional groups attached to an aromatic ring is 1. The summed E-state index contributed by atoms with van der Waals surface area (Å²) in [5.41, 5.74) is 8.92. The number of anilines is 1. The highest BCUT2D eigenvalue weighted by atomic mass is 32.2. The van der Waals surface area contributed by atoms with Crippen molar-refractivity contribution in [2.75, 3.05) is 19.8 Å². The number of primary sulfonamides is 1. The van der Waals surface area contributed by atoms with Gasteiger partial charge in [0.25, 0.3) is 0 Å². The Hall–Kier alpha value is -1.89. The molecule has 2 rings (SSSR count). The Morgan fingerprint density at radius 3 is 2.23 bits per heavy atom. The normalized spacial score (nSPS) is 11.8. The highest BCUT2D eigenvalue weighted by molar-refractivity contribution is 7.89. The lowest BCUT2D eigenvalue weighted by Crippen LogP contribution is -2.18. The van der Waals surface area contributed by atoms with Crippen LogP contribution in [0.4, 0.5) is 5.69 Å². The molecule has 0 fully saturated rings. The van der Waals surface area contributed by atoms with Gasteiger partial charge >= 0.3 is 0 Å². The molecule has 5 nitrogen and oxygen atoms in total. The molecule has 4 N–H and O–H groups in total. The standard InChI is InChI=1S/C16H21N3O2S/c1-19(2)11-13-9-15(17)14(16(10-13)22(18,20)21)8-12-6-4-3-5-7-12/h3-7,9-10H,8,11,17H2,1-2H3,(H2,18,20,21). The highest BCUT2D eigenvalue weighted by Crippen LogP contribution is 2.26. The van der Waals surface area contributed by atoms with Crippen molar-refractivity contribution >= 4 is 15.7 Å². The average Bonchev–Trinajstić information content (AvgIpc) is 2.41. The summed E-state index contributed by atoms with van der Waals surface area (Å²) in [6.07, 6.45) is 0.431. The van der Waals surface area contributed by atoms with Crippen LogP contribution in [0.15, 0.2) is 47.4 Å². The third-order valence-electron chi connectivity index (χ3n) is 3.33. The summed E-state index contributed by atoms with van der Waals surface area (Å²) in [6.45, 7) is 0.596. The van der Waals surface area contributed by atoms with Gasteiger partial charge in [0.05, 0.1) is 4.90 Å². The van der Waals surface area contributed by atoms with Crippen LogP contribution in [0.5, 0.6) is 0 Å². The van der Waals surface area contributed by atoms with Crippen LogP contribution in [0.2, 0.25) is 0 Å². The van der Waals surface area contributed by atoms with E-state index in [2.05, 4.69) is 0 Å². The molecule has 0 saturated heterocycles. The number of rotatable bonds is 5. The molecule has 0 aliphatic heterocycles. The minimum atomic E-state index is -3.83. The molecule has 0 aromatic heterocycles. The zero-order valence-corrected chi connectivity index (χ0v) is 13.6. The van der Waals surface area contributed by atoms with Gasteiger partial charge < -0.3 is 10.6 Å². The average molecular weight is 319 g/mol. The molecule has 0 aliphatic rings. The number of sulfonamides is 1. The van der Waals surface area contributed by atoms with Crippen LogP contribution < -0.4 is 10.9 Å². The maximum atomic E-state index is 11.9. The summed E-state index contributed by atoms with van der Waals surface area (Å²) >= 11 is 0. The monoisotopic (exact) mass is 319 g/mol. The molecular formula is C16H21N3O2S. The van der Waals surface area contributed by atoms with Crippen molar-refractivity contribution in [3.8, 4) is 0 Å². The predicted molar refractivity (Wildman–Crippen MR) is 88.9 cm³/mol. The van der Waals surface area contributed by atoms with E-state index in [1.165, 1.54) is 0 Å². The van der Waals surface area contributed by atoms with Crippen molar-refractivity contribution in [2.45, 2.75) is 17.9 Å². The first-order chi connectivity index (χ1) is 10.3. The molecule has 0 radical (unpaired) electrons. The zero-order valence-electron chi connectivity index (χ0n) is 12.8. The van der Waals surface area contributed by atoms with E-state index in [0.29, 0.717) is 24.2 Å². The minimum Gasteiger partial charge on any atom is -0.398 e. The molecule has 0 saturated carbocycles. The first kappa shape index (κ1) is 16.5. The van der Waals surface area contributed by atoms with Crippen molar-refractivity contribution in [3.05, 3.63) is 59.2 Å². The van der Waals surface area contributed by atoms with Gasteiger partial charge in [-0.25, -0.2) is 13.6 Å². The fourth-order valence-corrected chi connectivity index (χ4v) is 3.27. The molecule has 0 spiro atoms. The predicted octanol–water partition coefficient (Wildman–Crippen LogP) is 1.57. The Bertz CT molecular complexity index is 756. The summed E-state index contributed by atoms with van der Waals surface area (Å²) in [6, 6.07) is 13.0. The Balaban J connectivity index is 2.52. The number of nitrogens with two attached hydrogens (primary N) is 2. The Kier molecular flexibility index (Phi) is 4.85. The van der Waals surface area contributed by atoms with E-state index < -0.39 is 10.0 Å². The highest BCUT2D eigenvalue weighted by Gasteiger charge is 2.18. The lowest BCUT2D eigenvalue weighted by atomic mass is 10.0. The summed E-state index contributed by atoms with van der Waals surface area (Å²) in [7, 11) is -0.0180. The van der Waals surface area contributed by atoms with Crippen LogP contribution in [0.3, 0.4) is 0 Å². The van der Waals surface area contributed by atoms with Gasteiger partial charge in [-0.1, -0.05) is 30.3 Å². The molecule has 2 aromatic rings. The van der Waals surface area contributed by atoms with E-state index >= 15 is 0 Å². The Morgan fingerprint density at radius 2 is 1.68 bits per heavy atom. The molecule has 118 valence electrons. The first-order valence-electron chi connectivity index (χ1n) is 6.90. The first-order valence-corrected chi connectivity index (χ1v) is 8.44. The number of hydrogen-bond acceptors (Lipinski definition) is 4. The van der Waals surface area contributed by atoms with Gasteiger partial charge in [-0.2, -0.15) is 0 Å².